The van der Waals surface area contributed by atoms with Crippen LogP contribution in [0, 0.1) is 0 Å². The highest BCUT2D eigenvalue weighted by Gasteiger charge is 2.41. The van der Waals surface area contributed by atoms with Crippen molar-refractivity contribution in [1.82, 2.24) is 34.9 Å². The number of ether oxygens (including phenoxy) is 1. The van der Waals surface area contributed by atoms with E-state index in [1.165, 1.54) is 5.56 Å². The van der Waals surface area contributed by atoms with E-state index in [0.717, 1.165) is 38.0 Å². The SMILES string of the molecule is O=C(NCc1ccncc1)c1nnc2n1CC1(CCN(Cc3cccnc3)CC1)OC2. The Hall–Kier alpha value is -3.17. The van der Waals surface area contributed by atoms with E-state index >= 15 is 0 Å². The van der Waals surface area contributed by atoms with Crippen molar-refractivity contribution in [3.63, 3.8) is 0 Å². The molecule has 0 saturated carbocycles. The topological polar surface area (TPSA) is 98.1 Å². The van der Waals surface area contributed by atoms with Crippen molar-refractivity contribution in [2.24, 2.45) is 0 Å². The lowest BCUT2D eigenvalue weighted by Gasteiger charge is -2.44. The van der Waals surface area contributed by atoms with Crippen LogP contribution in [0.3, 0.4) is 0 Å². The van der Waals surface area contributed by atoms with Crippen LogP contribution in [0.15, 0.2) is 49.1 Å². The third kappa shape index (κ3) is 4.33. The Morgan fingerprint density at radius 1 is 1.06 bits per heavy atom. The Labute approximate surface area is 180 Å². The lowest BCUT2D eigenvalue weighted by molar-refractivity contribution is -0.123. The molecule has 1 saturated heterocycles. The average Bonchev–Trinajstić information content (AvgIpc) is 3.23. The first kappa shape index (κ1) is 19.8. The molecular weight excluding hydrogens is 394 g/mol. The monoisotopic (exact) mass is 419 g/mol. The van der Waals surface area contributed by atoms with Crippen LogP contribution in [0.25, 0.3) is 0 Å². The zero-order chi connectivity index (χ0) is 21.1. The van der Waals surface area contributed by atoms with Gasteiger partial charge in [-0.15, -0.1) is 10.2 Å². The summed E-state index contributed by atoms with van der Waals surface area (Å²) in [5.41, 5.74) is 1.93. The predicted octanol–water partition coefficient (Wildman–Crippen LogP) is 1.56. The van der Waals surface area contributed by atoms with Crippen LogP contribution in [-0.4, -0.2) is 54.2 Å². The molecule has 9 nitrogen and oxygen atoms in total. The number of pyridine rings is 2. The minimum atomic E-state index is -0.277. The summed E-state index contributed by atoms with van der Waals surface area (Å²) in [5.74, 6) is 0.837. The van der Waals surface area contributed by atoms with Crippen molar-refractivity contribution < 1.29 is 9.53 Å². The van der Waals surface area contributed by atoms with E-state index in [1.54, 1.807) is 18.6 Å². The van der Waals surface area contributed by atoms with E-state index in [2.05, 4.69) is 36.4 Å². The van der Waals surface area contributed by atoms with Crippen molar-refractivity contribution in [3.8, 4) is 0 Å². The van der Waals surface area contributed by atoms with Gasteiger partial charge in [0.1, 0.15) is 6.61 Å². The van der Waals surface area contributed by atoms with E-state index in [4.69, 9.17) is 4.74 Å². The van der Waals surface area contributed by atoms with Gasteiger partial charge in [-0.2, -0.15) is 0 Å². The van der Waals surface area contributed by atoms with Crippen LogP contribution < -0.4 is 5.32 Å². The molecule has 2 aliphatic heterocycles. The summed E-state index contributed by atoms with van der Waals surface area (Å²) < 4.78 is 8.19. The summed E-state index contributed by atoms with van der Waals surface area (Å²) in [6.45, 7) is 4.19. The number of nitrogens with zero attached hydrogens (tertiary/aromatic N) is 6. The second kappa shape index (κ2) is 8.52. The number of fused-ring (bicyclic) bond motifs is 1. The van der Waals surface area contributed by atoms with Gasteiger partial charge >= 0.3 is 0 Å². The summed E-state index contributed by atoms with van der Waals surface area (Å²) in [6, 6.07) is 7.83. The Balaban J connectivity index is 1.22. The Kier molecular flexibility index (Phi) is 5.44. The smallest absolute Gasteiger partial charge is 0.289 e. The number of hydrogen-bond donors (Lipinski definition) is 1. The van der Waals surface area contributed by atoms with Crippen molar-refractivity contribution in [2.75, 3.05) is 13.1 Å². The number of amides is 1. The fraction of sp³-hybridized carbons (Fsp3) is 0.409. The zero-order valence-electron chi connectivity index (χ0n) is 17.3. The molecule has 1 spiro atoms. The molecule has 0 unspecified atom stereocenters. The largest absolute Gasteiger partial charge is 0.365 e. The van der Waals surface area contributed by atoms with Crippen LogP contribution in [-0.2, 0) is 31.0 Å². The van der Waals surface area contributed by atoms with E-state index in [-0.39, 0.29) is 11.5 Å². The highest BCUT2D eigenvalue weighted by atomic mass is 16.5. The lowest BCUT2D eigenvalue weighted by atomic mass is 9.89. The molecule has 5 heterocycles. The molecule has 0 atom stereocenters. The number of hydrogen-bond acceptors (Lipinski definition) is 7. The summed E-state index contributed by atoms with van der Waals surface area (Å²) in [5, 5.41) is 11.3. The minimum Gasteiger partial charge on any atom is -0.365 e. The first-order valence-electron chi connectivity index (χ1n) is 10.6. The first-order valence-corrected chi connectivity index (χ1v) is 10.6. The van der Waals surface area contributed by atoms with Gasteiger partial charge in [-0.05, 0) is 42.2 Å². The molecule has 3 aromatic heterocycles. The van der Waals surface area contributed by atoms with Crippen molar-refractivity contribution in [1.29, 1.82) is 0 Å². The van der Waals surface area contributed by atoms with E-state index in [1.807, 2.05) is 29.0 Å². The molecule has 9 heteroatoms. The molecule has 3 aromatic rings. The number of aromatic nitrogens is 5. The maximum Gasteiger partial charge on any atom is 0.289 e. The Bertz CT molecular complexity index is 1030. The average molecular weight is 419 g/mol. The fourth-order valence-electron chi connectivity index (χ4n) is 4.26. The number of carbonyl (C=O) groups is 1. The lowest BCUT2D eigenvalue weighted by Crippen LogP contribution is -2.50. The second-order valence-corrected chi connectivity index (χ2v) is 8.17. The molecule has 1 fully saturated rings. The van der Waals surface area contributed by atoms with Gasteiger partial charge in [-0.25, -0.2) is 0 Å². The minimum absolute atomic E-state index is 0.221. The van der Waals surface area contributed by atoms with Gasteiger partial charge in [0.05, 0.1) is 12.1 Å². The van der Waals surface area contributed by atoms with Crippen molar-refractivity contribution in [2.45, 2.75) is 44.7 Å². The standard InChI is InChI=1S/C22H25N7O2/c30-21(25-13-17-3-8-23-9-4-17)20-27-26-19-15-31-22(16-29(19)20)5-10-28(11-6-22)14-18-2-1-7-24-12-18/h1-4,7-9,12H,5-6,10-11,13-16H2,(H,25,30). The highest BCUT2D eigenvalue weighted by molar-refractivity contribution is 5.90. The van der Waals surface area contributed by atoms with Gasteiger partial charge in [0, 0.05) is 51.0 Å². The van der Waals surface area contributed by atoms with Gasteiger partial charge in [0.2, 0.25) is 5.82 Å². The quantitative estimate of drug-likeness (QED) is 0.670. The number of piperidine rings is 1. The maximum atomic E-state index is 12.8. The molecule has 5 rings (SSSR count). The van der Waals surface area contributed by atoms with Crippen LogP contribution in [0.4, 0.5) is 0 Å². The summed E-state index contributed by atoms with van der Waals surface area (Å²) in [4.78, 5) is 23.4. The van der Waals surface area contributed by atoms with Gasteiger partial charge in [-0.1, -0.05) is 6.07 Å². The molecule has 0 bridgehead atoms. The Morgan fingerprint density at radius 2 is 1.90 bits per heavy atom. The number of likely N-dealkylation sites (tertiary alicyclic amines) is 1. The molecule has 31 heavy (non-hydrogen) atoms. The van der Waals surface area contributed by atoms with Crippen LogP contribution in [0.5, 0.6) is 0 Å². The number of nitrogens with one attached hydrogen (secondary N) is 1. The number of rotatable bonds is 5. The van der Waals surface area contributed by atoms with Crippen molar-refractivity contribution >= 4 is 5.91 Å². The van der Waals surface area contributed by atoms with Gasteiger partial charge in [-0.3, -0.25) is 19.7 Å². The zero-order valence-corrected chi connectivity index (χ0v) is 17.3. The molecule has 160 valence electrons. The van der Waals surface area contributed by atoms with E-state index in [0.29, 0.717) is 31.3 Å². The molecule has 0 aliphatic carbocycles. The Morgan fingerprint density at radius 3 is 2.68 bits per heavy atom. The summed E-state index contributed by atoms with van der Waals surface area (Å²) >= 11 is 0. The first-order chi connectivity index (χ1) is 15.2. The fourth-order valence-corrected chi connectivity index (χ4v) is 4.26. The molecule has 0 radical (unpaired) electrons. The van der Waals surface area contributed by atoms with Crippen LogP contribution >= 0.6 is 0 Å². The van der Waals surface area contributed by atoms with E-state index in [9.17, 15) is 4.79 Å². The molecule has 1 N–H and O–H groups in total. The van der Waals surface area contributed by atoms with Crippen LogP contribution in [0.2, 0.25) is 0 Å². The predicted molar refractivity (Wildman–Crippen MR) is 112 cm³/mol. The molecule has 0 aromatic carbocycles. The van der Waals surface area contributed by atoms with Gasteiger partial charge < -0.3 is 14.6 Å². The summed E-state index contributed by atoms with van der Waals surface area (Å²) in [7, 11) is 0. The normalized spacial score (nSPS) is 17.9. The molecular formula is C22H25N7O2. The third-order valence-corrected chi connectivity index (χ3v) is 6.08. The third-order valence-electron chi connectivity index (χ3n) is 6.08. The highest BCUT2D eigenvalue weighted by Crippen LogP contribution is 2.33. The van der Waals surface area contributed by atoms with Gasteiger partial charge in [0.25, 0.3) is 5.91 Å². The second-order valence-electron chi connectivity index (χ2n) is 8.17. The van der Waals surface area contributed by atoms with E-state index < -0.39 is 0 Å². The van der Waals surface area contributed by atoms with Crippen LogP contribution in [0.1, 0.15) is 40.4 Å². The molecule has 1 amide bonds. The molecule has 2 aliphatic rings. The van der Waals surface area contributed by atoms with Crippen molar-refractivity contribution in [3.05, 3.63) is 71.8 Å². The maximum absolute atomic E-state index is 12.8. The van der Waals surface area contributed by atoms with Gasteiger partial charge in [0.15, 0.2) is 5.82 Å². The summed E-state index contributed by atoms with van der Waals surface area (Å²) in [6.07, 6.45) is 8.95. The number of carbonyl (C=O) groups excluding carboxylic acids is 1.